The van der Waals surface area contributed by atoms with E-state index < -0.39 is 12.1 Å². The summed E-state index contributed by atoms with van der Waals surface area (Å²) >= 11 is 6.78. The third-order valence-corrected chi connectivity index (χ3v) is 3.65. The number of halogens is 1. The van der Waals surface area contributed by atoms with Crippen LogP contribution in [0.4, 0.5) is 9.59 Å². The molecule has 0 saturated carbocycles. The Morgan fingerprint density at radius 2 is 2.04 bits per heavy atom. The number of imide groups is 1. The number of pyridine rings is 1. The maximum Gasteiger partial charge on any atom is 0.415 e. The molecular formula is C14H19ClN4O4S. The van der Waals surface area contributed by atoms with Crippen LogP contribution in [0.1, 0.15) is 37.7 Å². The van der Waals surface area contributed by atoms with Gasteiger partial charge in [0.2, 0.25) is 0 Å². The summed E-state index contributed by atoms with van der Waals surface area (Å²) in [6.07, 6.45) is -0.0768. The fourth-order valence-electron chi connectivity index (χ4n) is 1.43. The molecule has 0 aromatic carbocycles. The second-order valence-electron chi connectivity index (χ2n) is 4.67. The highest BCUT2D eigenvalue weighted by atomic mass is 35.5. The highest BCUT2D eigenvalue weighted by molar-refractivity contribution is 7.97. The first-order valence-electron chi connectivity index (χ1n) is 7.24. The molecule has 10 heteroatoms. The molecule has 1 atom stereocenters. The van der Waals surface area contributed by atoms with Crippen molar-refractivity contribution in [2.45, 2.75) is 38.3 Å². The predicted octanol–water partition coefficient (Wildman–Crippen LogP) is 2.73. The zero-order valence-corrected chi connectivity index (χ0v) is 15.1. The van der Waals surface area contributed by atoms with Gasteiger partial charge in [0, 0.05) is 23.0 Å². The Kier molecular flexibility index (Phi) is 8.34. The van der Waals surface area contributed by atoms with Crippen molar-refractivity contribution < 1.29 is 19.1 Å². The van der Waals surface area contributed by atoms with Gasteiger partial charge in [-0.1, -0.05) is 18.5 Å². The maximum atomic E-state index is 12.1. The second-order valence-corrected chi connectivity index (χ2v) is 5.93. The van der Waals surface area contributed by atoms with Crippen LogP contribution < -0.4 is 15.4 Å². The van der Waals surface area contributed by atoms with Crippen LogP contribution in [0.2, 0.25) is 5.02 Å². The van der Waals surface area contributed by atoms with Crippen molar-refractivity contribution in [1.82, 2.24) is 20.3 Å². The molecule has 0 spiro atoms. The van der Waals surface area contributed by atoms with E-state index in [4.69, 9.17) is 11.6 Å². The number of nitrogens with zero attached hydrogens (tertiary/aromatic N) is 1. The van der Waals surface area contributed by atoms with Crippen LogP contribution >= 0.6 is 23.5 Å². The molecule has 0 aliphatic carbocycles. The number of rotatable bonds is 6. The fourth-order valence-corrected chi connectivity index (χ4v) is 2.28. The van der Waals surface area contributed by atoms with E-state index in [2.05, 4.69) is 19.8 Å². The Bertz CT molecular complexity index is 614. The molecule has 0 aliphatic rings. The molecule has 0 aliphatic heterocycles. The minimum absolute atomic E-state index is 0.00265. The monoisotopic (exact) mass is 374 g/mol. The van der Waals surface area contributed by atoms with Gasteiger partial charge >= 0.3 is 12.1 Å². The lowest BCUT2D eigenvalue weighted by molar-refractivity contribution is 0.0933. The van der Waals surface area contributed by atoms with Gasteiger partial charge in [0.15, 0.2) is 0 Å². The number of carbonyl (C=O) groups excluding carboxylic acids is 3. The summed E-state index contributed by atoms with van der Waals surface area (Å²) in [5.74, 6) is -0.357. The summed E-state index contributed by atoms with van der Waals surface area (Å²) in [5, 5.41) is 5.34. The Morgan fingerprint density at radius 1 is 1.33 bits per heavy atom. The smallest absolute Gasteiger partial charge is 0.415 e. The number of aromatic nitrogens is 1. The Balaban J connectivity index is 2.67. The van der Waals surface area contributed by atoms with Crippen LogP contribution in [0.3, 0.4) is 0 Å². The lowest BCUT2D eigenvalue weighted by Gasteiger charge is -2.12. The predicted molar refractivity (Wildman–Crippen MR) is 91.0 cm³/mol. The van der Waals surface area contributed by atoms with E-state index >= 15 is 0 Å². The van der Waals surface area contributed by atoms with Gasteiger partial charge in [0.05, 0.1) is 6.61 Å². The number of urea groups is 1. The number of carbonyl (C=O) groups is 3. The maximum absolute atomic E-state index is 12.1. The molecule has 3 N–H and O–H groups in total. The molecule has 4 amide bonds. The highest BCUT2D eigenvalue weighted by Crippen LogP contribution is 2.19. The molecule has 0 unspecified atom stereocenters. The average molecular weight is 375 g/mol. The van der Waals surface area contributed by atoms with Gasteiger partial charge in [-0.25, -0.2) is 19.9 Å². The second kappa shape index (κ2) is 9.99. The first kappa shape index (κ1) is 20.0. The zero-order chi connectivity index (χ0) is 18.1. The van der Waals surface area contributed by atoms with Gasteiger partial charge in [0.25, 0.3) is 5.91 Å². The number of amides is 4. The van der Waals surface area contributed by atoms with E-state index in [9.17, 15) is 14.4 Å². The van der Waals surface area contributed by atoms with E-state index in [1.807, 2.05) is 19.2 Å². The summed E-state index contributed by atoms with van der Waals surface area (Å²) in [5.41, 5.74) is 0.137. The highest BCUT2D eigenvalue weighted by Gasteiger charge is 2.14. The van der Waals surface area contributed by atoms with Gasteiger partial charge in [-0.3, -0.25) is 9.52 Å². The Hall–Kier alpha value is -2.00. The Morgan fingerprint density at radius 3 is 2.67 bits per heavy atom. The van der Waals surface area contributed by atoms with Crippen LogP contribution in [-0.2, 0) is 4.74 Å². The average Bonchev–Trinajstić information content (AvgIpc) is 2.52. The number of nitrogens with one attached hydrogen (secondary N) is 3. The molecule has 1 aromatic rings. The van der Waals surface area contributed by atoms with Crippen molar-refractivity contribution in [3.05, 3.63) is 22.8 Å². The molecule has 0 saturated heterocycles. The Labute approximate surface area is 149 Å². The minimum atomic E-state index is -0.858. The molecule has 0 radical (unpaired) electrons. The number of ether oxygens (including phenoxy) is 1. The zero-order valence-electron chi connectivity index (χ0n) is 13.5. The van der Waals surface area contributed by atoms with E-state index in [0.717, 1.165) is 18.4 Å². The normalized spacial score (nSPS) is 11.3. The van der Waals surface area contributed by atoms with Crippen molar-refractivity contribution in [3.8, 4) is 0 Å². The molecular weight excluding hydrogens is 356 g/mol. The third kappa shape index (κ3) is 7.05. The summed E-state index contributed by atoms with van der Waals surface area (Å²) in [6.45, 7) is 5.59. The van der Waals surface area contributed by atoms with E-state index in [1.165, 1.54) is 12.1 Å². The van der Waals surface area contributed by atoms with Crippen LogP contribution in [0, 0.1) is 0 Å². The lowest BCUT2D eigenvalue weighted by atomic mass is 10.2. The van der Waals surface area contributed by atoms with Crippen LogP contribution in [0.25, 0.3) is 0 Å². The largest absolute Gasteiger partial charge is 0.450 e. The van der Waals surface area contributed by atoms with Gasteiger partial charge in [-0.05, 0) is 32.4 Å². The van der Waals surface area contributed by atoms with Crippen LogP contribution in [0.5, 0.6) is 0 Å². The standard InChI is InChI=1S/C14H19ClN4O4S/c1-4-8(3)16-12(20)10-6-9(15)7-11(17-10)24-19-13(21)18-14(22)23-5-2/h6-8H,4-5H2,1-3H3,(H,16,20)(H2,18,19,21,22)/t8-/m0/s1. The summed E-state index contributed by atoms with van der Waals surface area (Å²) < 4.78 is 6.92. The molecule has 8 nitrogen and oxygen atoms in total. The molecule has 1 heterocycles. The number of hydrogen-bond acceptors (Lipinski definition) is 6. The fraction of sp³-hybridized carbons (Fsp3) is 0.429. The summed E-state index contributed by atoms with van der Waals surface area (Å²) in [7, 11) is 0. The first-order chi connectivity index (χ1) is 11.3. The quantitative estimate of drug-likeness (QED) is 0.660. The number of hydrogen-bond donors (Lipinski definition) is 3. The molecule has 0 fully saturated rings. The summed E-state index contributed by atoms with van der Waals surface area (Å²) in [6, 6.07) is 2.15. The van der Waals surface area contributed by atoms with Crippen molar-refractivity contribution in [2.24, 2.45) is 0 Å². The molecule has 1 aromatic heterocycles. The van der Waals surface area contributed by atoms with Gasteiger partial charge in [-0.2, -0.15) is 0 Å². The van der Waals surface area contributed by atoms with Gasteiger partial charge < -0.3 is 10.1 Å². The van der Waals surface area contributed by atoms with Crippen molar-refractivity contribution in [2.75, 3.05) is 6.61 Å². The van der Waals surface area contributed by atoms with Crippen LogP contribution in [0.15, 0.2) is 17.2 Å². The molecule has 0 bridgehead atoms. The SMILES string of the molecule is CCOC(=O)NC(=O)NSc1cc(Cl)cc(C(=O)N[C@@H](C)CC)n1. The molecule has 24 heavy (non-hydrogen) atoms. The minimum Gasteiger partial charge on any atom is -0.450 e. The van der Waals surface area contributed by atoms with Gasteiger partial charge in [0.1, 0.15) is 10.7 Å². The number of alkyl carbamates (subject to hydrolysis) is 1. The first-order valence-corrected chi connectivity index (χ1v) is 8.44. The van der Waals surface area contributed by atoms with Crippen molar-refractivity contribution in [1.29, 1.82) is 0 Å². The van der Waals surface area contributed by atoms with Crippen molar-refractivity contribution in [3.63, 3.8) is 0 Å². The topological polar surface area (TPSA) is 109 Å². The lowest BCUT2D eigenvalue weighted by Crippen LogP contribution is -2.36. The van der Waals surface area contributed by atoms with Crippen molar-refractivity contribution >= 4 is 41.6 Å². The van der Waals surface area contributed by atoms with E-state index in [-0.39, 0.29) is 24.2 Å². The molecule has 1 rings (SSSR count). The summed E-state index contributed by atoms with van der Waals surface area (Å²) in [4.78, 5) is 38.8. The van der Waals surface area contributed by atoms with Crippen LogP contribution in [-0.4, -0.2) is 35.7 Å². The van der Waals surface area contributed by atoms with E-state index in [1.54, 1.807) is 6.92 Å². The van der Waals surface area contributed by atoms with E-state index in [0.29, 0.717) is 10.0 Å². The molecule has 132 valence electrons. The third-order valence-electron chi connectivity index (χ3n) is 2.73. The van der Waals surface area contributed by atoms with Gasteiger partial charge in [-0.15, -0.1) is 0 Å².